The third-order valence-electron chi connectivity index (χ3n) is 3.49. The Morgan fingerprint density at radius 2 is 2.11 bits per heavy atom. The smallest absolute Gasteiger partial charge is 0.0587 e. The second-order valence-corrected chi connectivity index (χ2v) is 4.81. The number of para-hydroxylation sites is 1. The lowest BCUT2D eigenvalue weighted by Gasteiger charge is -2.09. The standard InChI is InChI=1S/C16H24N2O/c1-3-14-6-4-7-15-8-12-18(16(14)15)11-5-9-17-10-13-19-2/h4,6-8,12,17H,3,5,9-11,13H2,1-2H3. The lowest BCUT2D eigenvalue weighted by molar-refractivity contribution is 0.199. The number of aromatic nitrogens is 1. The minimum absolute atomic E-state index is 0.784. The van der Waals surface area contributed by atoms with Gasteiger partial charge in [-0.05, 0) is 36.4 Å². The Morgan fingerprint density at radius 1 is 1.21 bits per heavy atom. The normalized spacial score (nSPS) is 11.3. The van der Waals surface area contributed by atoms with Gasteiger partial charge >= 0.3 is 0 Å². The topological polar surface area (TPSA) is 26.2 Å². The molecule has 0 atom stereocenters. The highest BCUT2D eigenvalue weighted by Gasteiger charge is 2.04. The van der Waals surface area contributed by atoms with Gasteiger partial charge in [-0.15, -0.1) is 0 Å². The molecule has 0 saturated carbocycles. The third-order valence-corrected chi connectivity index (χ3v) is 3.49. The molecule has 0 radical (unpaired) electrons. The summed E-state index contributed by atoms with van der Waals surface area (Å²) in [5, 5.41) is 4.74. The third kappa shape index (κ3) is 3.58. The number of rotatable bonds is 8. The maximum atomic E-state index is 5.01. The fourth-order valence-corrected chi connectivity index (χ4v) is 2.49. The molecule has 3 heteroatoms. The Bertz CT molecular complexity index is 504. The van der Waals surface area contributed by atoms with Crippen LogP contribution in [0.15, 0.2) is 30.5 Å². The molecular weight excluding hydrogens is 236 g/mol. The lowest BCUT2D eigenvalue weighted by Crippen LogP contribution is -2.21. The first-order valence-corrected chi connectivity index (χ1v) is 7.13. The number of aryl methyl sites for hydroxylation is 2. The highest BCUT2D eigenvalue weighted by Crippen LogP contribution is 2.21. The van der Waals surface area contributed by atoms with Gasteiger partial charge in [-0.25, -0.2) is 0 Å². The highest BCUT2D eigenvalue weighted by atomic mass is 16.5. The van der Waals surface area contributed by atoms with Crippen molar-refractivity contribution >= 4 is 10.9 Å². The molecule has 0 aliphatic rings. The maximum absolute atomic E-state index is 5.01. The van der Waals surface area contributed by atoms with Crippen LogP contribution in [0.2, 0.25) is 0 Å². The second-order valence-electron chi connectivity index (χ2n) is 4.81. The van der Waals surface area contributed by atoms with Crippen LogP contribution in [0.1, 0.15) is 18.9 Å². The summed E-state index contributed by atoms with van der Waals surface area (Å²) in [5.41, 5.74) is 2.84. The molecule has 1 aromatic heterocycles. The molecule has 1 N–H and O–H groups in total. The zero-order valence-electron chi connectivity index (χ0n) is 12.0. The predicted octanol–water partition coefficient (Wildman–Crippen LogP) is 2.83. The summed E-state index contributed by atoms with van der Waals surface area (Å²) in [6.07, 6.45) is 4.44. The average molecular weight is 260 g/mol. The molecule has 0 aliphatic carbocycles. The van der Waals surface area contributed by atoms with Crippen molar-refractivity contribution in [3.8, 4) is 0 Å². The van der Waals surface area contributed by atoms with Gasteiger partial charge in [0.15, 0.2) is 0 Å². The fourth-order valence-electron chi connectivity index (χ4n) is 2.49. The zero-order chi connectivity index (χ0) is 13.5. The van der Waals surface area contributed by atoms with Gasteiger partial charge in [0.05, 0.1) is 12.1 Å². The molecule has 1 heterocycles. The van der Waals surface area contributed by atoms with Crippen LogP contribution >= 0.6 is 0 Å². The summed E-state index contributed by atoms with van der Waals surface area (Å²) in [7, 11) is 1.74. The Labute approximate surface area is 115 Å². The van der Waals surface area contributed by atoms with E-state index in [2.05, 4.69) is 47.3 Å². The summed E-state index contributed by atoms with van der Waals surface area (Å²) in [6, 6.07) is 8.79. The van der Waals surface area contributed by atoms with Gasteiger partial charge in [0, 0.05) is 26.4 Å². The van der Waals surface area contributed by atoms with E-state index < -0.39 is 0 Å². The number of hydrogen-bond donors (Lipinski definition) is 1. The molecule has 0 aliphatic heterocycles. The van der Waals surface area contributed by atoms with E-state index in [0.29, 0.717) is 0 Å². The number of nitrogens with one attached hydrogen (secondary N) is 1. The Balaban J connectivity index is 1.93. The molecule has 104 valence electrons. The molecule has 0 bridgehead atoms. The van der Waals surface area contributed by atoms with Crippen LogP contribution < -0.4 is 5.32 Å². The Morgan fingerprint density at radius 3 is 2.89 bits per heavy atom. The van der Waals surface area contributed by atoms with Crippen molar-refractivity contribution in [3.05, 3.63) is 36.0 Å². The molecule has 2 aromatic rings. The van der Waals surface area contributed by atoms with Crippen molar-refractivity contribution in [2.45, 2.75) is 26.3 Å². The molecule has 0 spiro atoms. The van der Waals surface area contributed by atoms with E-state index >= 15 is 0 Å². The van der Waals surface area contributed by atoms with E-state index in [1.807, 2.05) is 0 Å². The minimum atomic E-state index is 0.784. The number of benzene rings is 1. The highest BCUT2D eigenvalue weighted by molar-refractivity contribution is 5.83. The van der Waals surface area contributed by atoms with E-state index in [0.717, 1.165) is 39.1 Å². The number of hydrogen-bond acceptors (Lipinski definition) is 2. The zero-order valence-corrected chi connectivity index (χ0v) is 12.0. The average Bonchev–Trinajstić information content (AvgIpc) is 2.86. The second kappa shape index (κ2) is 7.31. The number of ether oxygens (including phenoxy) is 1. The fraction of sp³-hybridized carbons (Fsp3) is 0.500. The van der Waals surface area contributed by atoms with Crippen LogP contribution in [0.25, 0.3) is 10.9 Å². The first kappa shape index (κ1) is 14.1. The lowest BCUT2D eigenvalue weighted by atomic mass is 10.1. The van der Waals surface area contributed by atoms with Gasteiger partial charge in [-0.2, -0.15) is 0 Å². The van der Waals surface area contributed by atoms with Crippen molar-refractivity contribution in [2.24, 2.45) is 0 Å². The summed E-state index contributed by atoms with van der Waals surface area (Å²) < 4.78 is 7.40. The van der Waals surface area contributed by atoms with Crippen molar-refractivity contribution in [1.82, 2.24) is 9.88 Å². The molecule has 0 fully saturated rings. The van der Waals surface area contributed by atoms with Crippen LogP contribution in [-0.4, -0.2) is 31.4 Å². The van der Waals surface area contributed by atoms with Gasteiger partial charge < -0.3 is 14.6 Å². The monoisotopic (exact) mass is 260 g/mol. The molecule has 1 aromatic carbocycles. The minimum Gasteiger partial charge on any atom is -0.383 e. The van der Waals surface area contributed by atoms with Crippen LogP contribution in [0.3, 0.4) is 0 Å². The molecular formula is C16H24N2O. The predicted molar refractivity (Wildman–Crippen MR) is 80.7 cm³/mol. The van der Waals surface area contributed by atoms with Crippen LogP contribution in [-0.2, 0) is 17.7 Å². The molecule has 3 nitrogen and oxygen atoms in total. The molecule has 0 amide bonds. The Hall–Kier alpha value is -1.32. The van der Waals surface area contributed by atoms with Gasteiger partial charge in [0.2, 0.25) is 0 Å². The van der Waals surface area contributed by atoms with Crippen LogP contribution in [0.4, 0.5) is 0 Å². The molecule has 0 saturated heterocycles. The van der Waals surface area contributed by atoms with Gasteiger partial charge in [-0.1, -0.05) is 25.1 Å². The van der Waals surface area contributed by atoms with E-state index in [4.69, 9.17) is 4.74 Å². The van der Waals surface area contributed by atoms with E-state index in [-0.39, 0.29) is 0 Å². The number of methoxy groups -OCH3 is 1. The number of fused-ring (bicyclic) bond motifs is 1. The van der Waals surface area contributed by atoms with Crippen molar-refractivity contribution in [2.75, 3.05) is 26.8 Å². The summed E-state index contributed by atoms with van der Waals surface area (Å²) in [5.74, 6) is 0. The quantitative estimate of drug-likeness (QED) is 0.739. The summed E-state index contributed by atoms with van der Waals surface area (Å²) in [4.78, 5) is 0. The van der Waals surface area contributed by atoms with E-state index in [1.54, 1.807) is 7.11 Å². The number of nitrogens with zero attached hydrogens (tertiary/aromatic N) is 1. The van der Waals surface area contributed by atoms with Gasteiger partial charge in [-0.3, -0.25) is 0 Å². The Kier molecular flexibility index (Phi) is 5.43. The first-order valence-electron chi connectivity index (χ1n) is 7.13. The summed E-state index contributed by atoms with van der Waals surface area (Å²) >= 11 is 0. The van der Waals surface area contributed by atoms with Crippen LogP contribution in [0.5, 0.6) is 0 Å². The largest absolute Gasteiger partial charge is 0.383 e. The SMILES string of the molecule is CCc1cccc2ccn(CCCNCCOC)c12. The van der Waals surface area contributed by atoms with Crippen molar-refractivity contribution < 1.29 is 4.74 Å². The van der Waals surface area contributed by atoms with Gasteiger partial charge in [0.25, 0.3) is 0 Å². The van der Waals surface area contributed by atoms with E-state index in [9.17, 15) is 0 Å². The first-order chi connectivity index (χ1) is 9.36. The molecule has 2 rings (SSSR count). The van der Waals surface area contributed by atoms with Gasteiger partial charge in [0.1, 0.15) is 0 Å². The van der Waals surface area contributed by atoms with Crippen LogP contribution in [0, 0.1) is 0 Å². The maximum Gasteiger partial charge on any atom is 0.0587 e. The molecule has 19 heavy (non-hydrogen) atoms. The van der Waals surface area contributed by atoms with E-state index in [1.165, 1.54) is 16.5 Å². The summed E-state index contributed by atoms with van der Waals surface area (Å²) in [6.45, 7) is 6.05. The van der Waals surface area contributed by atoms with Crippen molar-refractivity contribution in [3.63, 3.8) is 0 Å². The van der Waals surface area contributed by atoms with Crippen molar-refractivity contribution in [1.29, 1.82) is 0 Å². The molecule has 0 unspecified atom stereocenters.